The Morgan fingerprint density at radius 3 is 2.50 bits per heavy atom. The van der Waals surface area contributed by atoms with E-state index in [0.29, 0.717) is 34.0 Å². The Hall–Kier alpha value is -0.130. The standard InChI is InChI=1S/C22H33BrClN3O/c1-27-17-10-11-19(27)20(18(12-17)13-4-8-16(24)9-5-13)22-25-21(26-28-22)14-2-6-15(23)7-3-14/h13-20H,2-12H2,1H3/t13?,14?,15?,16?,17-,18-,19?,20?/m1/s1. The summed E-state index contributed by atoms with van der Waals surface area (Å²) in [5, 5.41) is 4.88. The average molecular weight is 471 g/mol. The van der Waals surface area contributed by atoms with Crippen LogP contribution in [0.5, 0.6) is 0 Å². The van der Waals surface area contributed by atoms with Crippen LogP contribution in [0, 0.1) is 11.8 Å². The number of rotatable bonds is 3. The lowest BCUT2D eigenvalue weighted by atomic mass is 9.68. The van der Waals surface area contributed by atoms with E-state index in [1.54, 1.807) is 0 Å². The van der Waals surface area contributed by atoms with Crippen molar-refractivity contribution in [3.8, 4) is 0 Å². The number of hydrogen-bond acceptors (Lipinski definition) is 4. The van der Waals surface area contributed by atoms with Crippen molar-refractivity contribution in [1.29, 1.82) is 0 Å². The molecular weight excluding hydrogens is 438 g/mol. The van der Waals surface area contributed by atoms with E-state index in [1.807, 2.05) is 0 Å². The average Bonchev–Trinajstić information content (AvgIpc) is 3.26. The molecule has 28 heavy (non-hydrogen) atoms. The van der Waals surface area contributed by atoms with Crippen LogP contribution >= 0.6 is 27.5 Å². The van der Waals surface area contributed by atoms with Crippen molar-refractivity contribution in [3.05, 3.63) is 11.7 Å². The van der Waals surface area contributed by atoms with Crippen molar-refractivity contribution in [2.75, 3.05) is 7.05 Å². The lowest BCUT2D eigenvalue weighted by molar-refractivity contribution is 0.0497. The second-order valence-corrected chi connectivity index (χ2v) is 11.8. The summed E-state index contributed by atoms with van der Waals surface area (Å²) in [5.74, 6) is 4.26. The SMILES string of the molecule is CN1C2CC[C@@H]1C[C@H](C1CCC(Cl)CC1)C2c1nc(C2CCC(Br)CC2)no1. The largest absolute Gasteiger partial charge is 0.339 e. The lowest BCUT2D eigenvalue weighted by Gasteiger charge is -2.45. The molecule has 0 radical (unpaired) electrons. The molecule has 2 unspecified atom stereocenters. The zero-order chi connectivity index (χ0) is 19.3. The molecule has 2 aliphatic carbocycles. The van der Waals surface area contributed by atoms with Gasteiger partial charge in [0.1, 0.15) is 0 Å². The fourth-order valence-corrected chi connectivity index (χ4v) is 7.48. The van der Waals surface area contributed by atoms with E-state index in [9.17, 15) is 0 Å². The fourth-order valence-electron chi connectivity index (χ4n) is 6.70. The van der Waals surface area contributed by atoms with Gasteiger partial charge in [0.2, 0.25) is 5.89 Å². The zero-order valence-corrected chi connectivity index (χ0v) is 19.2. The number of likely N-dealkylation sites (N-methyl/N-ethyl adjacent to an activating group) is 1. The van der Waals surface area contributed by atoms with Crippen molar-refractivity contribution < 1.29 is 4.52 Å². The molecule has 6 heteroatoms. The number of fused-ring (bicyclic) bond motifs is 2. The molecular formula is C22H33BrClN3O. The number of hydrogen-bond donors (Lipinski definition) is 0. The molecule has 156 valence electrons. The molecule has 4 atom stereocenters. The number of halogens is 2. The smallest absolute Gasteiger partial charge is 0.231 e. The van der Waals surface area contributed by atoms with E-state index >= 15 is 0 Å². The summed E-state index contributed by atoms with van der Waals surface area (Å²) in [6.45, 7) is 0. The van der Waals surface area contributed by atoms with Crippen LogP contribution in [-0.4, -0.2) is 44.4 Å². The van der Waals surface area contributed by atoms with E-state index in [1.165, 1.54) is 70.6 Å². The Balaban J connectivity index is 1.39. The molecule has 0 amide bonds. The molecule has 1 aromatic rings. The minimum absolute atomic E-state index is 0.386. The second-order valence-electron chi connectivity index (χ2n) is 9.84. The Kier molecular flexibility index (Phi) is 5.79. The quantitative estimate of drug-likeness (QED) is 0.519. The van der Waals surface area contributed by atoms with Gasteiger partial charge in [-0.15, -0.1) is 11.6 Å². The third kappa shape index (κ3) is 3.69. The molecule has 2 bridgehead atoms. The fraction of sp³-hybridized carbons (Fsp3) is 0.909. The van der Waals surface area contributed by atoms with E-state index in [-0.39, 0.29) is 0 Å². The first kappa shape index (κ1) is 19.8. The molecule has 4 fully saturated rings. The van der Waals surface area contributed by atoms with Crippen LogP contribution in [-0.2, 0) is 0 Å². The molecule has 2 aliphatic heterocycles. The van der Waals surface area contributed by atoms with Gasteiger partial charge >= 0.3 is 0 Å². The Labute approximate surface area is 182 Å². The molecule has 1 aromatic heterocycles. The van der Waals surface area contributed by atoms with E-state index in [2.05, 4.69) is 33.0 Å². The summed E-state index contributed by atoms with van der Waals surface area (Å²) >= 11 is 10.2. The van der Waals surface area contributed by atoms with Gasteiger partial charge in [0, 0.05) is 28.2 Å². The highest BCUT2D eigenvalue weighted by molar-refractivity contribution is 9.09. The molecule has 2 saturated heterocycles. The van der Waals surface area contributed by atoms with E-state index < -0.39 is 0 Å². The first-order valence-electron chi connectivity index (χ1n) is 11.4. The first-order chi connectivity index (χ1) is 13.6. The van der Waals surface area contributed by atoms with Gasteiger partial charge in [-0.2, -0.15) is 4.98 Å². The number of nitrogens with zero attached hydrogens (tertiary/aromatic N) is 3. The maximum Gasteiger partial charge on any atom is 0.231 e. The number of piperidine rings is 1. The van der Waals surface area contributed by atoms with Crippen molar-refractivity contribution in [3.63, 3.8) is 0 Å². The van der Waals surface area contributed by atoms with Gasteiger partial charge in [0.25, 0.3) is 0 Å². The molecule has 2 saturated carbocycles. The molecule has 4 nitrogen and oxygen atoms in total. The molecule has 0 N–H and O–H groups in total. The summed E-state index contributed by atoms with van der Waals surface area (Å²) in [7, 11) is 2.32. The maximum atomic E-state index is 6.41. The number of alkyl halides is 2. The summed E-state index contributed by atoms with van der Waals surface area (Å²) in [6, 6.07) is 1.32. The van der Waals surface area contributed by atoms with Gasteiger partial charge in [0.15, 0.2) is 5.82 Å². The molecule has 0 aromatic carbocycles. The van der Waals surface area contributed by atoms with Crippen molar-refractivity contribution in [2.24, 2.45) is 11.8 Å². The van der Waals surface area contributed by atoms with Gasteiger partial charge < -0.3 is 4.52 Å². The monoisotopic (exact) mass is 469 g/mol. The lowest BCUT2D eigenvalue weighted by Crippen LogP contribution is -2.47. The third-order valence-corrected chi connectivity index (χ3v) is 9.74. The summed E-state index contributed by atoms with van der Waals surface area (Å²) in [5.41, 5.74) is 0. The Morgan fingerprint density at radius 2 is 1.75 bits per heavy atom. The maximum absolute atomic E-state index is 6.41. The zero-order valence-electron chi connectivity index (χ0n) is 16.9. The molecule has 3 heterocycles. The van der Waals surface area contributed by atoms with Crippen LogP contribution < -0.4 is 0 Å². The van der Waals surface area contributed by atoms with E-state index in [0.717, 1.165) is 23.7 Å². The predicted molar refractivity (Wildman–Crippen MR) is 115 cm³/mol. The minimum atomic E-state index is 0.386. The molecule has 5 rings (SSSR count). The van der Waals surface area contributed by atoms with Gasteiger partial charge in [-0.05, 0) is 89.5 Å². The summed E-state index contributed by atoms with van der Waals surface area (Å²) in [4.78, 5) is 8.33. The molecule has 4 aliphatic rings. The van der Waals surface area contributed by atoms with Gasteiger partial charge in [0.05, 0.1) is 5.92 Å². The highest BCUT2D eigenvalue weighted by atomic mass is 79.9. The van der Waals surface area contributed by atoms with E-state index in [4.69, 9.17) is 21.1 Å². The second kappa shape index (κ2) is 8.19. The van der Waals surface area contributed by atoms with Gasteiger partial charge in [-0.3, -0.25) is 4.90 Å². The van der Waals surface area contributed by atoms with Crippen molar-refractivity contribution in [1.82, 2.24) is 15.0 Å². The summed E-state index contributed by atoms with van der Waals surface area (Å²) < 4.78 is 6.00. The Morgan fingerprint density at radius 1 is 1.00 bits per heavy atom. The highest BCUT2D eigenvalue weighted by Crippen LogP contribution is 2.52. The van der Waals surface area contributed by atoms with Gasteiger partial charge in [-0.25, -0.2) is 0 Å². The van der Waals surface area contributed by atoms with Crippen molar-refractivity contribution in [2.45, 2.75) is 105 Å². The van der Waals surface area contributed by atoms with Crippen LogP contribution in [0.25, 0.3) is 0 Å². The topological polar surface area (TPSA) is 42.2 Å². The van der Waals surface area contributed by atoms with Crippen LogP contribution in [0.15, 0.2) is 4.52 Å². The summed E-state index contributed by atoms with van der Waals surface area (Å²) in [6.07, 6.45) is 13.6. The van der Waals surface area contributed by atoms with Crippen LogP contribution in [0.3, 0.4) is 0 Å². The van der Waals surface area contributed by atoms with Gasteiger partial charge in [-0.1, -0.05) is 21.1 Å². The third-order valence-electron chi connectivity index (χ3n) is 8.39. The predicted octanol–water partition coefficient (Wildman–Crippen LogP) is 5.85. The molecule has 0 spiro atoms. The van der Waals surface area contributed by atoms with Crippen LogP contribution in [0.2, 0.25) is 0 Å². The Bertz CT molecular complexity index is 668. The minimum Gasteiger partial charge on any atom is -0.339 e. The van der Waals surface area contributed by atoms with Crippen molar-refractivity contribution >= 4 is 27.5 Å². The van der Waals surface area contributed by atoms with Crippen LogP contribution in [0.4, 0.5) is 0 Å². The van der Waals surface area contributed by atoms with Crippen LogP contribution in [0.1, 0.15) is 94.2 Å². The first-order valence-corrected chi connectivity index (χ1v) is 12.8. The highest BCUT2D eigenvalue weighted by Gasteiger charge is 2.50. The normalized spacial score (nSPS) is 44.7. The number of aromatic nitrogens is 2.